The first kappa shape index (κ1) is 35.7. The van der Waals surface area contributed by atoms with E-state index < -0.39 is 41.5 Å². The number of benzene rings is 2. The van der Waals surface area contributed by atoms with Gasteiger partial charge in [0.15, 0.2) is 0 Å². The second-order valence-corrected chi connectivity index (χ2v) is 11.0. The third-order valence-electron chi connectivity index (χ3n) is 6.85. The molecule has 1 saturated heterocycles. The van der Waals surface area contributed by atoms with Gasteiger partial charge in [-0.15, -0.1) is 0 Å². The Hall–Kier alpha value is -4.76. The minimum atomic E-state index is -1.01. The lowest BCUT2D eigenvalue weighted by Gasteiger charge is -2.19. The summed E-state index contributed by atoms with van der Waals surface area (Å²) in [4.78, 5) is 86.9. The van der Waals surface area contributed by atoms with Gasteiger partial charge in [-0.2, -0.15) is 12.6 Å². The average molecular weight is 655 g/mol. The number of nitrogens with one attached hydrogen (secondary N) is 5. The molecule has 0 aliphatic carbocycles. The van der Waals surface area contributed by atoms with Crippen molar-refractivity contribution in [1.82, 2.24) is 26.6 Å². The molecule has 5 N–H and O–H groups in total. The van der Waals surface area contributed by atoms with Gasteiger partial charge in [-0.25, -0.2) is 4.90 Å². The van der Waals surface area contributed by atoms with E-state index in [1.54, 1.807) is 48.5 Å². The second-order valence-electron chi connectivity index (χ2n) is 10.4. The molecule has 1 fully saturated rings. The zero-order chi connectivity index (χ0) is 33.5. The van der Waals surface area contributed by atoms with Crippen LogP contribution in [0.1, 0.15) is 30.4 Å². The smallest absolute Gasteiger partial charge is 0.247 e. The lowest BCUT2D eigenvalue weighted by Crippen LogP contribution is -2.52. The van der Waals surface area contributed by atoms with Crippen LogP contribution < -0.4 is 31.5 Å². The first-order valence-corrected chi connectivity index (χ1v) is 15.1. The molecule has 2 aromatic rings. The Bertz CT molecular complexity index is 1410. The highest BCUT2D eigenvalue weighted by Crippen LogP contribution is 2.25. The minimum Gasteiger partial charge on any atom is -0.364 e. The Morgan fingerprint density at radius 3 is 2.11 bits per heavy atom. The van der Waals surface area contributed by atoms with Crippen LogP contribution >= 0.6 is 12.6 Å². The number of amides is 7. The minimum absolute atomic E-state index is 0.0140. The fraction of sp³-hybridized carbons (Fsp3) is 0.387. The summed E-state index contributed by atoms with van der Waals surface area (Å²) in [6.07, 6.45) is 1.43. The van der Waals surface area contributed by atoms with E-state index >= 15 is 0 Å². The van der Waals surface area contributed by atoms with Crippen LogP contribution in [0.2, 0.25) is 0 Å². The molecular weight excluding hydrogens is 616 g/mol. The normalized spacial score (nSPS) is 14.7. The molecule has 46 heavy (non-hydrogen) atoms. The summed E-state index contributed by atoms with van der Waals surface area (Å²) >= 11 is 4.13. The number of methoxy groups -OCH3 is 1. The van der Waals surface area contributed by atoms with Gasteiger partial charge >= 0.3 is 0 Å². The van der Waals surface area contributed by atoms with E-state index in [2.05, 4.69) is 39.2 Å². The fourth-order valence-electron chi connectivity index (χ4n) is 4.47. The molecule has 1 aliphatic heterocycles. The maximum atomic E-state index is 12.8. The number of ether oxygens (including phenoxy) is 1. The molecule has 246 valence electrons. The number of anilines is 1. The van der Waals surface area contributed by atoms with Crippen LogP contribution in [0.3, 0.4) is 0 Å². The summed E-state index contributed by atoms with van der Waals surface area (Å²) in [5.41, 5.74) is 2.17. The van der Waals surface area contributed by atoms with Gasteiger partial charge in [-0.3, -0.25) is 33.6 Å². The summed E-state index contributed by atoms with van der Waals surface area (Å²) in [7, 11) is 1.41. The average Bonchev–Trinajstić information content (AvgIpc) is 3.31. The first-order valence-electron chi connectivity index (χ1n) is 14.6. The monoisotopic (exact) mass is 654 g/mol. The maximum absolute atomic E-state index is 12.8. The lowest BCUT2D eigenvalue weighted by molar-refractivity contribution is -0.131. The number of carbonyl (C=O) groups is 7. The summed E-state index contributed by atoms with van der Waals surface area (Å²) in [5, 5.41) is 11.8. The van der Waals surface area contributed by atoms with Crippen LogP contribution in [0.5, 0.6) is 0 Å². The van der Waals surface area contributed by atoms with Gasteiger partial charge in [0.1, 0.15) is 12.8 Å². The zero-order valence-corrected chi connectivity index (χ0v) is 26.3. The molecule has 0 aromatic heterocycles. The number of hydrogen-bond acceptors (Lipinski definition) is 9. The molecule has 2 atom stereocenters. The lowest BCUT2D eigenvalue weighted by atomic mass is 10.1. The molecule has 0 radical (unpaired) electrons. The van der Waals surface area contributed by atoms with E-state index in [4.69, 9.17) is 4.74 Å². The van der Waals surface area contributed by atoms with Crippen LogP contribution in [0.25, 0.3) is 0 Å². The van der Waals surface area contributed by atoms with E-state index in [0.29, 0.717) is 18.5 Å². The quantitative estimate of drug-likeness (QED) is 0.0738. The summed E-state index contributed by atoms with van der Waals surface area (Å²) in [5.74, 6) is -3.26. The van der Waals surface area contributed by atoms with Gasteiger partial charge in [-0.1, -0.05) is 42.5 Å². The van der Waals surface area contributed by atoms with Crippen molar-refractivity contribution in [2.45, 2.75) is 43.4 Å². The molecule has 2 unspecified atom stereocenters. The number of hydrogen-bond donors (Lipinski definition) is 6. The van der Waals surface area contributed by atoms with E-state index in [9.17, 15) is 33.6 Å². The van der Waals surface area contributed by atoms with E-state index in [1.807, 2.05) is 6.07 Å². The van der Waals surface area contributed by atoms with Crippen molar-refractivity contribution in [1.29, 1.82) is 0 Å². The topological polar surface area (TPSA) is 192 Å². The van der Waals surface area contributed by atoms with E-state index in [0.717, 1.165) is 16.0 Å². The van der Waals surface area contributed by atoms with Crippen molar-refractivity contribution >= 4 is 59.7 Å². The predicted molar refractivity (Wildman–Crippen MR) is 170 cm³/mol. The van der Waals surface area contributed by atoms with E-state index in [-0.39, 0.29) is 56.8 Å². The maximum Gasteiger partial charge on any atom is 0.247 e. The van der Waals surface area contributed by atoms with Crippen molar-refractivity contribution in [2.24, 2.45) is 0 Å². The Morgan fingerprint density at radius 2 is 1.46 bits per heavy atom. The summed E-state index contributed by atoms with van der Waals surface area (Å²) < 4.78 is 4.75. The molecule has 14 nitrogen and oxygen atoms in total. The van der Waals surface area contributed by atoms with Crippen molar-refractivity contribution in [3.05, 3.63) is 65.7 Å². The number of aryl methyl sites for hydroxylation is 1. The number of rotatable bonds is 17. The molecule has 15 heteroatoms. The standard InChI is InChI=1S/C31H38N6O8S/c1-45-19-35-27(40)17-34-30(43)23(14-21-6-3-2-4-7-21)36-28(41)18-33-26(39)16-32-25(38)9-5-8-20-10-12-22(13-11-20)37-29(42)15-24(46)31(37)44/h2-4,6-7,10-13,23-24,46H,5,8-9,14-19H2,1H3,(H,32,38)(H,33,39)(H,34,43)(H,35,40)(H,36,41). The van der Waals surface area contributed by atoms with Crippen LogP contribution in [0, 0.1) is 0 Å². The summed E-state index contributed by atoms with van der Waals surface area (Å²) in [6, 6.07) is 14.9. The molecule has 0 spiro atoms. The molecule has 1 heterocycles. The van der Waals surface area contributed by atoms with Crippen molar-refractivity contribution < 1.29 is 38.3 Å². The number of thiol groups is 1. The Morgan fingerprint density at radius 1 is 0.826 bits per heavy atom. The Balaban J connectivity index is 1.37. The third-order valence-corrected chi connectivity index (χ3v) is 7.25. The SMILES string of the molecule is COCNC(=O)CNC(=O)C(Cc1ccccc1)NC(=O)CNC(=O)CNC(=O)CCCc1ccc(N2C(=O)CC(S)C2=O)cc1. The first-order chi connectivity index (χ1) is 22.1. The molecule has 7 amide bonds. The number of carbonyl (C=O) groups excluding carboxylic acids is 7. The number of nitrogens with zero attached hydrogens (tertiary/aromatic N) is 1. The number of imide groups is 1. The summed E-state index contributed by atoms with van der Waals surface area (Å²) in [6.45, 7) is -1.09. The zero-order valence-electron chi connectivity index (χ0n) is 25.4. The highest BCUT2D eigenvalue weighted by atomic mass is 32.1. The van der Waals surface area contributed by atoms with Gasteiger partial charge in [0.25, 0.3) is 0 Å². The highest BCUT2D eigenvalue weighted by Gasteiger charge is 2.37. The highest BCUT2D eigenvalue weighted by molar-refractivity contribution is 7.82. The Kier molecular flexibility index (Phi) is 14.2. The van der Waals surface area contributed by atoms with Crippen molar-refractivity contribution in [3.63, 3.8) is 0 Å². The largest absolute Gasteiger partial charge is 0.364 e. The van der Waals surface area contributed by atoms with Crippen molar-refractivity contribution in [2.75, 3.05) is 38.4 Å². The van der Waals surface area contributed by atoms with Crippen LogP contribution in [-0.4, -0.2) is 86.1 Å². The third kappa shape index (κ3) is 11.6. The fourth-order valence-corrected chi connectivity index (χ4v) is 4.74. The Labute approximate surface area is 271 Å². The van der Waals surface area contributed by atoms with Gasteiger partial charge in [-0.05, 0) is 36.1 Å². The molecule has 0 saturated carbocycles. The van der Waals surface area contributed by atoms with Gasteiger partial charge in [0, 0.05) is 26.4 Å². The molecular formula is C31H38N6O8S. The van der Waals surface area contributed by atoms with Gasteiger partial charge in [0.2, 0.25) is 41.4 Å². The molecule has 1 aliphatic rings. The van der Waals surface area contributed by atoms with Crippen LogP contribution in [-0.2, 0) is 51.1 Å². The second kappa shape index (κ2) is 18.3. The molecule has 2 aromatic carbocycles. The molecule has 3 rings (SSSR count). The van der Waals surface area contributed by atoms with Crippen molar-refractivity contribution in [3.8, 4) is 0 Å². The van der Waals surface area contributed by atoms with Gasteiger partial charge in [0.05, 0.1) is 30.6 Å². The van der Waals surface area contributed by atoms with Gasteiger partial charge < -0.3 is 31.3 Å². The molecule has 0 bridgehead atoms. The predicted octanol–water partition coefficient (Wildman–Crippen LogP) is -0.633. The van der Waals surface area contributed by atoms with Crippen LogP contribution in [0.4, 0.5) is 5.69 Å². The van der Waals surface area contributed by atoms with Crippen LogP contribution in [0.15, 0.2) is 54.6 Å². The van der Waals surface area contributed by atoms with E-state index in [1.165, 1.54) is 7.11 Å².